The first-order valence-electron chi connectivity index (χ1n) is 8.17. The minimum absolute atomic E-state index is 0.366. The Morgan fingerprint density at radius 2 is 1.84 bits per heavy atom. The average molecular weight is 344 g/mol. The number of rotatable bonds is 8. The highest BCUT2D eigenvalue weighted by Gasteiger charge is 2.23. The van der Waals surface area contributed by atoms with Gasteiger partial charge in [0, 0.05) is 0 Å². The summed E-state index contributed by atoms with van der Waals surface area (Å²) in [6.45, 7) is 4.34. The lowest BCUT2D eigenvalue weighted by Gasteiger charge is -2.17. The molecule has 0 saturated carbocycles. The van der Waals surface area contributed by atoms with Crippen LogP contribution >= 0.6 is 0 Å². The molecule has 2 aromatic rings. The van der Waals surface area contributed by atoms with E-state index < -0.39 is 11.9 Å². The molecular weight excluding hydrogens is 320 g/mol. The number of hydrogen-bond acceptors (Lipinski definition) is 4. The molecule has 0 amide bonds. The van der Waals surface area contributed by atoms with Gasteiger partial charge in [-0.25, -0.2) is 0 Å². The van der Waals surface area contributed by atoms with Crippen LogP contribution in [0.4, 0.5) is 0 Å². The van der Waals surface area contributed by atoms with Crippen molar-refractivity contribution in [1.82, 2.24) is 0 Å². The van der Waals surface area contributed by atoms with Gasteiger partial charge in [0.05, 0.1) is 26.7 Å². The Hall–Kier alpha value is -2.69. The first-order valence-corrected chi connectivity index (χ1v) is 8.17. The van der Waals surface area contributed by atoms with Gasteiger partial charge in [0.25, 0.3) is 0 Å². The number of carboxylic acids is 1. The van der Waals surface area contributed by atoms with Crippen molar-refractivity contribution < 1.29 is 24.1 Å². The number of aryl methyl sites for hydroxylation is 1. The van der Waals surface area contributed by atoms with Crippen LogP contribution in [0.1, 0.15) is 29.5 Å². The molecule has 0 fully saturated rings. The Bertz CT molecular complexity index is 739. The molecule has 5 nitrogen and oxygen atoms in total. The molecule has 0 aliphatic rings. The maximum atomic E-state index is 11.8. The second-order valence-electron chi connectivity index (χ2n) is 5.74. The fourth-order valence-electron chi connectivity index (χ4n) is 2.85. The van der Waals surface area contributed by atoms with Gasteiger partial charge in [0.15, 0.2) is 11.5 Å². The van der Waals surface area contributed by atoms with Gasteiger partial charge in [-0.3, -0.25) is 4.79 Å². The number of carbonyl (C=O) groups is 1. The highest BCUT2D eigenvalue weighted by molar-refractivity contribution is 5.77. The van der Waals surface area contributed by atoms with Crippen molar-refractivity contribution in [3.05, 3.63) is 53.1 Å². The minimum Gasteiger partial charge on any atom is -0.497 e. The van der Waals surface area contributed by atoms with Crippen molar-refractivity contribution in [3.8, 4) is 17.2 Å². The van der Waals surface area contributed by atoms with Crippen LogP contribution < -0.4 is 14.2 Å². The zero-order valence-electron chi connectivity index (χ0n) is 15.0. The molecule has 0 aliphatic carbocycles. The Kier molecular flexibility index (Phi) is 6.28. The first kappa shape index (κ1) is 18.6. The van der Waals surface area contributed by atoms with Gasteiger partial charge in [0.1, 0.15) is 5.75 Å². The Morgan fingerprint density at radius 1 is 1.08 bits per heavy atom. The van der Waals surface area contributed by atoms with E-state index in [1.807, 2.05) is 44.2 Å². The Balaban J connectivity index is 2.32. The lowest BCUT2D eigenvalue weighted by atomic mass is 9.89. The summed E-state index contributed by atoms with van der Waals surface area (Å²) in [5.74, 6) is 0.471. The van der Waals surface area contributed by atoms with Gasteiger partial charge >= 0.3 is 5.97 Å². The largest absolute Gasteiger partial charge is 0.497 e. The van der Waals surface area contributed by atoms with Gasteiger partial charge in [-0.05, 0) is 61.2 Å². The third-order valence-corrected chi connectivity index (χ3v) is 4.12. The maximum Gasteiger partial charge on any atom is 0.311 e. The first-order chi connectivity index (χ1) is 12.0. The minimum atomic E-state index is -0.860. The fourth-order valence-corrected chi connectivity index (χ4v) is 2.85. The van der Waals surface area contributed by atoms with E-state index in [2.05, 4.69) is 0 Å². The third-order valence-electron chi connectivity index (χ3n) is 4.12. The van der Waals surface area contributed by atoms with Gasteiger partial charge in [-0.1, -0.05) is 12.1 Å². The van der Waals surface area contributed by atoms with E-state index in [0.29, 0.717) is 30.3 Å². The standard InChI is InChI=1S/C20H24O5/c1-5-25-18-9-6-14(12-19(18)24-4)11-17(20(21)22)16-8-7-15(23-3)10-13(16)2/h6-10,12,17H,5,11H2,1-4H3,(H,21,22). The quantitative estimate of drug-likeness (QED) is 0.788. The molecule has 1 atom stereocenters. The van der Waals surface area contributed by atoms with E-state index in [1.54, 1.807) is 20.3 Å². The highest BCUT2D eigenvalue weighted by Crippen LogP contribution is 2.32. The third kappa shape index (κ3) is 4.44. The van der Waals surface area contributed by atoms with Gasteiger partial charge in [0.2, 0.25) is 0 Å². The molecule has 2 rings (SSSR count). The molecule has 0 heterocycles. The van der Waals surface area contributed by atoms with Crippen molar-refractivity contribution in [3.63, 3.8) is 0 Å². The van der Waals surface area contributed by atoms with Crippen LogP contribution in [0.15, 0.2) is 36.4 Å². The maximum absolute atomic E-state index is 11.8. The van der Waals surface area contributed by atoms with E-state index >= 15 is 0 Å². The zero-order valence-corrected chi connectivity index (χ0v) is 15.0. The normalized spacial score (nSPS) is 11.7. The van der Waals surface area contributed by atoms with Crippen LogP contribution in [0.25, 0.3) is 0 Å². The molecule has 0 bridgehead atoms. The van der Waals surface area contributed by atoms with Crippen LogP contribution in [0.3, 0.4) is 0 Å². The molecule has 0 aromatic heterocycles. The van der Waals surface area contributed by atoms with Crippen LogP contribution in [0.5, 0.6) is 17.2 Å². The van der Waals surface area contributed by atoms with Crippen molar-refractivity contribution in [2.24, 2.45) is 0 Å². The molecule has 0 spiro atoms. The highest BCUT2D eigenvalue weighted by atomic mass is 16.5. The molecular formula is C20H24O5. The number of methoxy groups -OCH3 is 2. The predicted octanol–water partition coefficient (Wildman–Crippen LogP) is 3.82. The van der Waals surface area contributed by atoms with Crippen LogP contribution in [0, 0.1) is 6.92 Å². The Labute approximate surface area is 148 Å². The topological polar surface area (TPSA) is 65.0 Å². The summed E-state index contributed by atoms with van der Waals surface area (Å²) >= 11 is 0. The number of benzene rings is 2. The van der Waals surface area contributed by atoms with E-state index in [0.717, 1.165) is 16.7 Å². The van der Waals surface area contributed by atoms with Gasteiger partial charge < -0.3 is 19.3 Å². The molecule has 134 valence electrons. The lowest BCUT2D eigenvalue weighted by molar-refractivity contribution is -0.138. The average Bonchev–Trinajstić information content (AvgIpc) is 2.61. The molecule has 25 heavy (non-hydrogen) atoms. The molecule has 5 heteroatoms. The summed E-state index contributed by atoms with van der Waals surface area (Å²) in [7, 11) is 3.17. The van der Waals surface area contributed by atoms with E-state index in [1.165, 1.54) is 0 Å². The van der Waals surface area contributed by atoms with Crippen LogP contribution in [0.2, 0.25) is 0 Å². The summed E-state index contributed by atoms with van der Waals surface area (Å²) in [5.41, 5.74) is 2.55. The number of aliphatic carboxylic acids is 1. The zero-order chi connectivity index (χ0) is 18.4. The smallest absolute Gasteiger partial charge is 0.311 e. The SMILES string of the molecule is CCOc1ccc(CC(C(=O)O)c2ccc(OC)cc2C)cc1OC. The number of hydrogen-bond donors (Lipinski definition) is 1. The van der Waals surface area contributed by atoms with E-state index in [-0.39, 0.29) is 0 Å². The fraction of sp³-hybridized carbons (Fsp3) is 0.350. The second-order valence-corrected chi connectivity index (χ2v) is 5.74. The van der Waals surface area contributed by atoms with Crippen molar-refractivity contribution in [1.29, 1.82) is 0 Å². The van der Waals surface area contributed by atoms with E-state index in [9.17, 15) is 9.90 Å². The Morgan fingerprint density at radius 3 is 2.40 bits per heavy atom. The van der Waals surface area contributed by atoms with Gasteiger partial charge in [-0.15, -0.1) is 0 Å². The monoisotopic (exact) mass is 344 g/mol. The van der Waals surface area contributed by atoms with Gasteiger partial charge in [-0.2, -0.15) is 0 Å². The summed E-state index contributed by atoms with van der Waals surface area (Å²) in [5, 5.41) is 9.72. The molecule has 1 unspecified atom stereocenters. The summed E-state index contributed by atoms with van der Waals surface area (Å²) in [6, 6.07) is 11.0. The van der Waals surface area contributed by atoms with Crippen molar-refractivity contribution in [2.45, 2.75) is 26.2 Å². The summed E-state index contributed by atoms with van der Waals surface area (Å²) in [6.07, 6.45) is 0.366. The van der Waals surface area contributed by atoms with Crippen LogP contribution in [-0.2, 0) is 11.2 Å². The van der Waals surface area contributed by atoms with Crippen LogP contribution in [-0.4, -0.2) is 31.9 Å². The lowest BCUT2D eigenvalue weighted by Crippen LogP contribution is -2.16. The molecule has 1 N–H and O–H groups in total. The molecule has 0 saturated heterocycles. The van der Waals surface area contributed by atoms with Crippen molar-refractivity contribution in [2.75, 3.05) is 20.8 Å². The van der Waals surface area contributed by atoms with Crippen molar-refractivity contribution >= 4 is 5.97 Å². The summed E-state index contributed by atoms with van der Waals surface area (Å²) < 4.78 is 16.1. The number of ether oxygens (including phenoxy) is 3. The molecule has 0 aliphatic heterocycles. The predicted molar refractivity (Wildman–Crippen MR) is 96.0 cm³/mol. The second kappa shape index (κ2) is 8.42. The van der Waals surface area contributed by atoms with E-state index in [4.69, 9.17) is 14.2 Å². The molecule has 2 aromatic carbocycles. The summed E-state index contributed by atoms with van der Waals surface area (Å²) in [4.78, 5) is 11.8. The molecule has 0 radical (unpaired) electrons. The number of carboxylic acid groups (broad SMARTS) is 1.